The van der Waals surface area contributed by atoms with Crippen LogP contribution < -0.4 is 0 Å². The van der Waals surface area contributed by atoms with E-state index in [1.165, 1.54) is 5.69 Å². The first kappa shape index (κ1) is 11.1. The second-order valence-electron chi connectivity index (χ2n) is 2.91. The van der Waals surface area contributed by atoms with Gasteiger partial charge in [0.25, 0.3) is 0 Å². The molecular weight excluding hydrogens is 196 g/mol. The van der Waals surface area contributed by atoms with E-state index >= 15 is 0 Å². The predicted molar refractivity (Wildman–Crippen MR) is 61.8 cm³/mol. The van der Waals surface area contributed by atoms with E-state index in [2.05, 4.69) is 22.5 Å². The predicted octanol–water partition coefficient (Wildman–Crippen LogP) is 3.56. The smallest absolute Gasteiger partial charge is 0.131 e. The summed E-state index contributed by atoms with van der Waals surface area (Å²) in [7, 11) is 2.02. The van der Waals surface area contributed by atoms with E-state index in [0.717, 1.165) is 10.9 Å². The molecule has 0 amide bonds. The van der Waals surface area contributed by atoms with Crippen LogP contribution in [-0.2, 0) is 7.05 Å². The molecule has 0 bridgehead atoms. The van der Waals surface area contributed by atoms with Crippen molar-refractivity contribution in [2.45, 2.75) is 20.8 Å². The maximum absolute atomic E-state index is 5.78. The van der Waals surface area contributed by atoms with Gasteiger partial charge in [0.1, 0.15) is 5.15 Å². The molecule has 0 aliphatic heterocycles. The van der Waals surface area contributed by atoms with Crippen LogP contribution in [0.1, 0.15) is 19.5 Å². The molecular formula is C11H15ClN2. The molecule has 0 aromatic carbocycles. The van der Waals surface area contributed by atoms with E-state index < -0.39 is 0 Å². The topological polar surface area (TPSA) is 17.8 Å². The van der Waals surface area contributed by atoms with E-state index in [9.17, 15) is 0 Å². The van der Waals surface area contributed by atoms with Crippen molar-refractivity contribution in [1.82, 2.24) is 9.55 Å². The summed E-state index contributed by atoms with van der Waals surface area (Å²) >= 11 is 5.78. The number of fused-ring (bicyclic) bond motifs is 1. The summed E-state index contributed by atoms with van der Waals surface area (Å²) in [4.78, 5) is 4.01. The first-order valence-electron chi connectivity index (χ1n) is 4.76. The summed E-state index contributed by atoms with van der Waals surface area (Å²) < 4.78 is 2.10. The van der Waals surface area contributed by atoms with E-state index in [1.807, 2.05) is 27.0 Å². The largest absolute Gasteiger partial charge is 0.348 e. The number of aryl methyl sites for hydroxylation is 2. The van der Waals surface area contributed by atoms with Crippen LogP contribution in [0.3, 0.4) is 0 Å². The Morgan fingerprint density at radius 1 is 1.29 bits per heavy atom. The summed E-state index contributed by atoms with van der Waals surface area (Å²) in [5.74, 6) is 0. The molecule has 0 radical (unpaired) electrons. The van der Waals surface area contributed by atoms with Crippen molar-refractivity contribution < 1.29 is 0 Å². The lowest BCUT2D eigenvalue weighted by atomic mass is 10.3. The lowest BCUT2D eigenvalue weighted by Gasteiger charge is -1.97. The quantitative estimate of drug-likeness (QED) is 0.608. The van der Waals surface area contributed by atoms with E-state index in [0.29, 0.717) is 5.15 Å². The number of hydrogen-bond acceptors (Lipinski definition) is 1. The highest BCUT2D eigenvalue weighted by Gasteiger charge is 2.02. The molecule has 0 N–H and O–H groups in total. The van der Waals surface area contributed by atoms with Gasteiger partial charge < -0.3 is 4.57 Å². The van der Waals surface area contributed by atoms with Crippen LogP contribution in [0.15, 0.2) is 18.3 Å². The van der Waals surface area contributed by atoms with Gasteiger partial charge in [-0.25, -0.2) is 4.98 Å². The molecule has 0 saturated heterocycles. The average molecular weight is 211 g/mol. The average Bonchev–Trinajstić information content (AvgIpc) is 2.48. The standard InChI is InChI=1S/C9H9ClN2.C2H6/c1-6-3-7-5-11-9(10)4-8(7)12(6)2;1-2/h3-5H,1-2H3;1-2H3. The maximum atomic E-state index is 5.78. The normalized spacial score (nSPS) is 9.79. The van der Waals surface area contributed by atoms with Crippen LogP contribution in [0, 0.1) is 6.92 Å². The molecule has 14 heavy (non-hydrogen) atoms. The minimum absolute atomic E-state index is 0.545. The SMILES string of the molecule is CC.Cc1cc2cnc(Cl)cc2n1C. The summed E-state index contributed by atoms with van der Waals surface area (Å²) in [6, 6.07) is 3.97. The number of nitrogens with zero attached hydrogens (tertiary/aromatic N) is 2. The maximum Gasteiger partial charge on any atom is 0.131 e. The molecule has 2 aromatic rings. The van der Waals surface area contributed by atoms with Crippen LogP contribution >= 0.6 is 11.6 Å². The van der Waals surface area contributed by atoms with Gasteiger partial charge in [0.2, 0.25) is 0 Å². The molecule has 0 fully saturated rings. The summed E-state index contributed by atoms with van der Waals surface area (Å²) in [6.07, 6.45) is 1.80. The number of aromatic nitrogens is 2. The van der Waals surface area contributed by atoms with Gasteiger partial charge in [-0.3, -0.25) is 0 Å². The molecule has 0 spiro atoms. The fourth-order valence-electron chi connectivity index (χ4n) is 1.34. The Balaban J connectivity index is 0.000000461. The van der Waals surface area contributed by atoms with Crippen molar-refractivity contribution in [1.29, 1.82) is 0 Å². The fraction of sp³-hybridized carbons (Fsp3) is 0.364. The first-order valence-corrected chi connectivity index (χ1v) is 5.14. The monoisotopic (exact) mass is 210 g/mol. The number of halogens is 1. The van der Waals surface area contributed by atoms with Gasteiger partial charge >= 0.3 is 0 Å². The molecule has 2 heterocycles. The first-order chi connectivity index (χ1) is 6.68. The van der Waals surface area contributed by atoms with Crippen LogP contribution in [0.4, 0.5) is 0 Å². The zero-order valence-corrected chi connectivity index (χ0v) is 9.76. The Bertz CT molecular complexity index is 432. The third-order valence-electron chi connectivity index (χ3n) is 2.13. The van der Waals surface area contributed by atoms with Gasteiger partial charge in [-0.05, 0) is 19.1 Å². The third kappa shape index (κ3) is 1.90. The van der Waals surface area contributed by atoms with E-state index in [-0.39, 0.29) is 0 Å². The lowest BCUT2D eigenvalue weighted by molar-refractivity contribution is 0.917. The van der Waals surface area contributed by atoms with Gasteiger partial charge in [-0.2, -0.15) is 0 Å². The molecule has 0 unspecified atom stereocenters. The van der Waals surface area contributed by atoms with Crippen molar-refractivity contribution in [3.63, 3.8) is 0 Å². The molecule has 0 aliphatic rings. The molecule has 2 aromatic heterocycles. The Morgan fingerprint density at radius 2 is 1.93 bits per heavy atom. The van der Waals surface area contributed by atoms with Gasteiger partial charge in [0.05, 0.1) is 5.52 Å². The molecule has 76 valence electrons. The van der Waals surface area contributed by atoms with Crippen molar-refractivity contribution in [3.05, 3.63) is 29.2 Å². The van der Waals surface area contributed by atoms with Gasteiger partial charge in [0.15, 0.2) is 0 Å². The zero-order chi connectivity index (χ0) is 10.7. The molecule has 2 rings (SSSR count). The molecule has 2 nitrogen and oxygen atoms in total. The Hall–Kier alpha value is -1.02. The second kappa shape index (κ2) is 4.47. The Labute approximate surface area is 89.5 Å². The van der Waals surface area contributed by atoms with Crippen LogP contribution in [0.5, 0.6) is 0 Å². The highest BCUT2D eigenvalue weighted by Crippen LogP contribution is 2.19. The van der Waals surface area contributed by atoms with Crippen molar-refractivity contribution >= 4 is 22.5 Å². The van der Waals surface area contributed by atoms with Crippen molar-refractivity contribution in [3.8, 4) is 0 Å². The minimum Gasteiger partial charge on any atom is -0.348 e. The van der Waals surface area contributed by atoms with Crippen LogP contribution in [0.2, 0.25) is 5.15 Å². The molecule has 3 heteroatoms. The Morgan fingerprint density at radius 3 is 2.57 bits per heavy atom. The van der Waals surface area contributed by atoms with E-state index in [1.54, 1.807) is 6.20 Å². The number of rotatable bonds is 0. The van der Waals surface area contributed by atoms with Gasteiger partial charge in [-0.15, -0.1) is 0 Å². The van der Waals surface area contributed by atoms with E-state index in [4.69, 9.17) is 11.6 Å². The summed E-state index contributed by atoms with van der Waals surface area (Å²) in [5.41, 5.74) is 2.35. The highest BCUT2D eigenvalue weighted by atomic mass is 35.5. The summed E-state index contributed by atoms with van der Waals surface area (Å²) in [5, 5.41) is 1.68. The fourth-order valence-corrected chi connectivity index (χ4v) is 1.50. The lowest BCUT2D eigenvalue weighted by Crippen LogP contribution is -1.89. The highest BCUT2D eigenvalue weighted by molar-refractivity contribution is 6.30. The van der Waals surface area contributed by atoms with Gasteiger partial charge in [0, 0.05) is 24.3 Å². The molecule has 0 saturated carbocycles. The number of pyridine rings is 1. The van der Waals surface area contributed by atoms with Gasteiger partial charge in [-0.1, -0.05) is 25.4 Å². The van der Waals surface area contributed by atoms with Crippen molar-refractivity contribution in [2.75, 3.05) is 0 Å². The number of hydrogen-bond donors (Lipinski definition) is 0. The summed E-state index contributed by atoms with van der Waals surface area (Å²) in [6.45, 7) is 6.06. The third-order valence-corrected chi connectivity index (χ3v) is 2.34. The van der Waals surface area contributed by atoms with Crippen LogP contribution in [0.25, 0.3) is 10.9 Å². The molecule has 0 aliphatic carbocycles. The minimum atomic E-state index is 0.545. The Kier molecular flexibility index (Phi) is 3.53. The van der Waals surface area contributed by atoms with Crippen LogP contribution in [-0.4, -0.2) is 9.55 Å². The second-order valence-corrected chi connectivity index (χ2v) is 3.30. The molecule has 0 atom stereocenters. The zero-order valence-electron chi connectivity index (χ0n) is 9.00. The van der Waals surface area contributed by atoms with Crippen molar-refractivity contribution in [2.24, 2.45) is 7.05 Å².